The van der Waals surface area contributed by atoms with Gasteiger partial charge in [-0.15, -0.1) is 0 Å². The summed E-state index contributed by atoms with van der Waals surface area (Å²) in [6, 6.07) is 10.8. The molecule has 0 aliphatic rings. The SMILES string of the molecule is CCCCCCCCCc1ccc(Oc2c([O-])cccc2S(=O)(=O)O)cc1.[Na+]. The molecule has 0 spiro atoms. The number of hydrogen-bond acceptors (Lipinski definition) is 4. The second kappa shape index (κ2) is 12.5. The minimum absolute atomic E-state index is 0. The molecule has 5 nitrogen and oxygen atoms in total. The first kappa shape index (κ1) is 25.0. The monoisotopic (exact) mass is 414 g/mol. The Kier molecular flexibility index (Phi) is 11.2. The van der Waals surface area contributed by atoms with Crippen molar-refractivity contribution >= 4 is 10.1 Å². The molecule has 0 radical (unpaired) electrons. The largest absolute Gasteiger partial charge is 1.00 e. The third kappa shape index (κ3) is 8.13. The molecule has 0 aromatic heterocycles. The summed E-state index contributed by atoms with van der Waals surface area (Å²) in [7, 11) is -4.53. The van der Waals surface area contributed by atoms with Gasteiger partial charge in [-0.25, -0.2) is 0 Å². The second-order valence-electron chi connectivity index (χ2n) is 6.68. The van der Waals surface area contributed by atoms with Crippen LogP contribution in [0.1, 0.15) is 57.4 Å². The molecule has 0 aliphatic heterocycles. The normalized spacial score (nSPS) is 11.1. The van der Waals surface area contributed by atoms with Crippen LogP contribution in [-0.4, -0.2) is 13.0 Å². The fraction of sp³-hybridized carbons (Fsp3) is 0.429. The predicted octanol–water partition coefficient (Wildman–Crippen LogP) is 2.10. The van der Waals surface area contributed by atoms with Gasteiger partial charge in [-0.05, 0) is 36.6 Å². The van der Waals surface area contributed by atoms with Crippen LogP contribution in [-0.2, 0) is 16.5 Å². The summed E-state index contributed by atoms with van der Waals surface area (Å²) in [6.45, 7) is 2.21. The van der Waals surface area contributed by atoms with Crippen molar-refractivity contribution in [3.05, 3.63) is 48.0 Å². The first-order chi connectivity index (χ1) is 12.9. The van der Waals surface area contributed by atoms with Crippen molar-refractivity contribution in [3.8, 4) is 17.2 Å². The standard InChI is InChI=1S/C21H28O5S.Na/c1-2-3-4-5-6-7-8-10-17-13-15-18(16-14-17)26-21-19(22)11-9-12-20(21)27(23,24)25;/h9,11-16,22H,2-8,10H2,1H3,(H,23,24,25);/q;+1/p-1. The zero-order valence-corrected chi connectivity index (χ0v) is 19.5. The number of hydrogen-bond donors (Lipinski definition) is 1. The van der Waals surface area contributed by atoms with E-state index in [0.717, 1.165) is 18.9 Å². The molecule has 0 amide bonds. The number of unbranched alkanes of at least 4 members (excludes halogenated alkanes) is 6. The summed E-state index contributed by atoms with van der Waals surface area (Å²) in [5.41, 5.74) is 1.17. The van der Waals surface area contributed by atoms with Gasteiger partial charge in [-0.2, -0.15) is 8.42 Å². The Morgan fingerprint density at radius 3 is 2.14 bits per heavy atom. The van der Waals surface area contributed by atoms with Crippen molar-refractivity contribution in [3.63, 3.8) is 0 Å². The number of aryl methyl sites for hydroxylation is 1. The first-order valence-corrected chi connectivity index (χ1v) is 10.9. The van der Waals surface area contributed by atoms with E-state index in [1.807, 2.05) is 12.1 Å². The van der Waals surface area contributed by atoms with Crippen LogP contribution in [0.2, 0.25) is 0 Å². The Morgan fingerprint density at radius 2 is 1.54 bits per heavy atom. The molecule has 0 saturated carbocycles. The Hall–Kier alpha value is -1.05. The molecule has 0 atom stereocenters. The molecular weight excluding hydrogens is 387 g/mol. The summed E-state index contributed by atoms with van der Waals surface area (Å²) in [5.74, 6) is -0.636. The van der Waals surface area contributed by atoms with Crippen LogP contribution in [0.3, 0.4) is 0 Å². The van der Waals surface area contributed by atoms with Gasteiger partial charge in [0.2, 0.25) is 0 Å². The molecule has 0 bridgehead atoms. The van der Waals surface area contributed by atoms with Gasteiger partial charge >= 0.3 is 29.6 Å². The summed E-state index contributed by atoms with van der Waals surface area (Å²) >= 11 is 0. The molecule has 0 heterocycles. The van der Waals surface area contributed by atoms with Gasteiger partial charge in [-0.1, -0.05) is 75.5 Å². The fourth-order valence-corrected chi connectivity index (χ4v) is 3.55. The van der Waals surface area contributed by atoms with Crippen molar-refractivity contribution in [1.82, 2.24) is 0 Å². The van der Waals surface area contributed by atoms with Gasteiger partial charge in [0.05, 0.1) is 0 Å². The third-order valence-electron chi connectivity index (χ3n) is 4.43. The van der Waals surface area contributed by atoms with E-state index in [1.54, 1.807) is 12.1 Å². The quantitative estimate of drug-likeness (QED) is 0.346. The van der Waals surface area contributed by atoms with Gasteiger partial charge in [0.25, 0.3) is 10.1 Å². The molecule has 2 aromatic carbocycles. The van der Waals surface area contributed by atoms with E-state index in [1.165, 1.54) is 56.2 Å². The van der Waals surface area contributed by atoms with Gasteiger partial charge < -0.3 is 9.84 Å². The first-order valence-electron chi connectivity index (χ1n) is 9.46. The number of rotatable bonds is 11. The number of benzene rings is 2. The van der Waals surface area contributed by atoms with Crippen LogP contribution >= 0.6 is 0 Å². The summed E-state index contributed by atoms with van der Waals surface area (Å²) in [6.07, 6.45) is 9.76. The maximum Gasteiger partial charge on any atom is 1.00 e. The molecule has 0 fully saturated rings. The molecule has 0 aliphatic carbocycles. The third-order valence-corrected chi connectivity index (χ3v) is 5.31. The van der Waals surface area contributed by atoms with Crippen molar-refractivity contribution < 1.29 is 52.4 Å². The average Bonchev–Trinajstić information content (AvgIpc) is 2.63. The zero-order valence-electron chi connectivity index (χ0n) is 16.7. The zero-order chi connectivity index (χ0) is 19.7. The Morgan fingerprint density at radius 1 is 0.929 bits per heavy atom. The van der Waals surface area contributed by atoms with Crippen LogP contribution in [0, 0.1) is 0 Å². The Labute approximate surface area is 190 Å². The summed E-state index contributed by atoms with van der Waals surface area (Å²) in [4.78, 5) is -0.526. The van der Waals surface area contributed by atoms with Crippen LogP contribution in [0.5, 0.6) is 17.2 Å². The molecule has 2 aromatic rings. The van der Waals surface area contributed by atoms with E-state index in [0.29, 0.717) is 5.75 Å². The predicted molar refractivity (Wildman–Crippen MR) is 104 cm³/mol. The number of ether oxygens (including phenoxy) is 1. The van der Waals surface area contributed by atoms with E-state index in [9.17, 15) is 18.1 Å². The molecule has 7 heteroatoms. The van der Waals surface area contributed by atoms with E-state index < -0.39 is 20.8 Å². The van der Waals surface area contributed by atoms with Crippen LogP contribution < -0.4 is 39.4 Å². The smallest absolute Gasteiger partial charge is 0.870 e. The molecule has 1 N–H and O–H groups in total. The van der Waals surface area contributed by atoms with Gasteiger partial charge in [-0.3, -0.25) is 4.55 Å². The maximum atomic E-state index is 11.9. The van der Waals surface area contributed by atoms with E-state index in [2.05, 4.69) is 6.92 Å². The molecule has 2 rings (SSSR count). The summed E-state index contributed by atoms with van der Waals surface area (Å²) in [5, 5.41) is 11.9. The minimum Gasteiger partial charge on any atom is -0.870 e. The molecule has 28 heavy (non-hydrogen) atoms. The van der Waals surface area contributed by atoms with Gasteiger partial charge in [0, 0.05) is 0 Å². The molecule has 0 unspecified atom stereocenters. The van der Waals surface area contributed by atoms with Crippen LogP contribution in [0.25, 0.3) is 0 Å². The summed E-state index contributed by atoms with van der Waals surface area (Å²) < 4.78 is 37.5. The topological polar surface area (TPSA) is 86.7 Å². The van der Waals surface area contributed by atoms with Crippen LogP contribution in [0.4, 0.5) is 0 Å². The fourth-order valence-electron chi connectivity index (χ4n) is 2.93. The van der Waals surface area contributed by atoms with Crippen molar-refractivity contribution in [1.29, 1.82) is 0 Å². The molecule has 0 saturated heterocycles. The van der Waals surface area contributed by atoms with E-state index in [4.69, 9.17) is 4.74 Å². The molecule has 148 valence electrons. The maximum absolute atomic E-state index is 11.9. The van der Waals surface area contributed by atoms with E-state index >= 15 is 0 Å². The Balaban J connectivity index is 0.00000392. The van der Waals surface area contributed by atoms with E-state index in [-0.39, 0.29) is 35.3 Å². The van der Waals surface area contributed by atoms with Gasteiger partial charge in [0.1, 0.15) is 16.4 Å². The van der Waals surface area contributed by atoms with Gasteiger partial charge in [0.15, 0.2) is 0 Å². The second-order valence-corrected chi connectivity index (χ2v) is 8.07. The minimum atomic E-state index is -4.53. The molecular formula is C21H27NaO5S. The Bertz CT molecular complexity index is 819. The van der Waals surface area contributed by atoms with Crippen molar-refractivity contribution in [2.24, 2.45) is 0 Å². The van der Waals surface area contributed by atoms with Crippen LogP contribution in [0.15, 0.2) is 47.4 Å². The van der Waals surface area contributed by atoms with Crippen molar-refractivity contribution in [2.75, 3.05) is 0 Å². The number of para-hydroxylation sites is 1. The van der Waals surface area contributed by atoms with Crippen molar-refractivity contribution in [2.45, 2.75) is 63.2 Å². The average molecular weight is 414 g/mol.